The summed E-state index contributed by atoms with van der Waals surface area (Å²) < 4.78 is 19.9. The molecule has 0 spiro atoms. The highest BCUT2D eigenvalue weighted by molar-refractivity contribution is 7.12. The van der Waals surface area contributed by atoms with Crippen molar-refractivity contribution >= 4 is 40.6 Å². The number of thiophene rings is 1. The van der Waals surface area contributed by atoms with Crippen LogP contribution in [0.25, 0.3) is 5.69 Å². The Kier molecular flexibility index (Phi) is 7.02. The summed E-state index contributed by atoms with van der Waals surface area (Å²) in [4.78, 5) is 39.9. The molecule has 2 heterocycles. The van der Waals surface area contributed by atoms with Gasteiger partial charge in [0.2, 0.25) is 0 Å². The van der Waals surface area contributed by atoms with E-state index in [1.165, 1.54) is 51.3 Å². The monoisotopic (exact) mass is 492 g/mol. The van der Waals surface area contributed by atoms with Crippen LogP contribution in [0.2, 0.25) is 0 Å². The average molecular weight is 493 g/mol. The van der Waals surface area contributed by atoms with Crippen molar-refractivity contribution in [3.63, 3.8) is 0 Å². The number of nitrogens with one attached hydrogen (secondary N) is 1. The number of halogens is 1. The van der Waals surface area contributed by atoms with Gasteiger partial charge in [-0.25, -0.2) is 13.9 Å². The zero-order valence-electron chi connectivity index (χ0n) is 18.9. The average Bonchev–Trinajstić information content (AvgIpc) is 3.52. The lowest BCUT2D eigenvalue weighted by Gasteiger charge is -2.19. The van der Waals surface area contributed by atoms with Crippen molar-refractivity contribution in [3.8, 4) is 5.69 Å². The Morgan fingerprint density at radius 2 is 1.83 bits per heavy atom. The van der Waals surface area contributed by atoms with Gasteiger partial charge < -0.3 is 15.0 Å². The molecule has 0 aliphatic heterocycles. The summed E-state index contributed by atoms with van der Waals surface area (Å²) in [5, 5.41) is 8.76. The summed E-state index contributed by atoms with van der Waals surface area (Å²) in [5.74, 6) is -1.63. The molecular formula is C25H21FN4O4S. The van der Waals surface area contributed by atoms with Crippen LogP contribution in [0.15, 0.2) is 72.1 Å². The second-order valence-corrected chi connectivity index (χ2v) is 8.49. The maximum absolute atomic E-state index is 13.3. The summed E-state index contributed by atoms with van der Waals surface area (Å²) in [6, 6.07) is 17.3. The number of rotatable bonds is 7. The maximum Gasteiger partial charge on any atom is 0.340 e. The number of aryl methyl sites for hydroxylation is 1. The van der Waals surface area contributed by atoms with E-state index in [9.17, 15) is 18.8 Å². The molecule has 4 rings (SSSR count). The third kappa shape index (κ3) is 5.44. The van der Waals surface area contributed by atoms with Gasteiger partial charge >= 0.3 is 5.97 Å². The number of para-hydroxylation sites is 1. The first-order valence-electron chi connectivity index (χ1n) is 10.5. The third-order valence-electron chi connectivity index (χ3n) is 5.03. The fourth-order valence-corrected chi connectivity index (χ4v) is 4.07. The molecule has 0 radical (unpaired) electrons. The summed E-state index contributed by atoms with van der Waals surface area (Å²) in [6.07, 6.45) is 0. The van der Waals surface area contributed by atoms with Crippen LogP contribution in [-0.2, 0) is 9.53 Å². The first-order valence-corrected chi connectivity index (χ1v) is 11.4. The predicted octanol–water partition coefficient (Wildman–Crippen LogP) is 4.45. The predicted molar refractivity (Wildman–Crippen MR) is 131 cm³/mol. The molecule has 35 heavy (non-hydrogen) atoms. The van der Waals surface area contributed by atoms with E-state index in [-0.39, 0.29) is 11.5 Å². The number of aromatic nitrogens is 2. The third-order valence-corrected chi connectivity index (χ3v) is 5.88. The zero-order valence-corrected chi connectivity index (χ0v) is 19.7. The number of carbonyl (C=O) groups is 3. The van der Waals surface area contributed by atoms with Crippen molar-refractivity contribution in [3.05, 3.63) is 94.1 Å². The van der Waals surface area contributed by atoms with Crippen molar-refractivity contribution in [1.82, 2.24) is 9.78 Å². The molecule has 8 nitrogen and oxygen atoms in total. The van der Waals surface area contributed by atoms with E-state index >= 15 is 0 Å². The van der Waals surface area contributed by atoms with E-state index < -0.39 is 24.3 Å². The minimum Gasteiger partial charge on any atom is -0.452 e. The Bertz CT molecular complexity index is 1370. The highest BCUT2D eigenvalue weighted by Crippen LogP contribution is 2.23. The minimum atomic E-state index is -0.746. The minimum absolute atomic E-state index is 0.153. The number of carbonyl (C=O) groups excluding carboxylic acids is 3. The van der Waals surface area contributed by atoms with Crippen molar-refractivity contribution in [2.75, 3.05) is 23.9 Å². The standard InChI is InChI=1S/C25H21FN4O4S/c1-16-14-22(30(28-16)18-11-9-17(26)10-12-18)27-23(31)15-34-25(33)19-6-3-4-7-20(19)29(2)24(32)21-8-5-13-35-21/h3-14H,15H2,1-2H3,(H,27,31). The smallest absolute Gasteiger partial charge is 0.340 e. The Balaban J connectivity index is 1.43. The maximum atomic E-state index is 13.3. The van der Waals surface area contributed by atoms with E-state index in [4.69, 9.17) is 4.74 Å². The van der Waals surface area contributed by atoms with Gasteiger partial charge in [-0.15, -0.1) is 11.3 Å². The molecule has 0 bridgehead atoms. The highest BCUT2D eigenvalue weighted by Gasteiger charge is 2.22. The number of anilines is 2. The van der Waals surface area contributed by atoms with E-state index in [1.807, 2.05) is 0 Å². The van der Waals surface area contributed by atoms with Crippen LogP contribution in [0.4, 0.5) is 15.9 Å². The first-order chi connectivity index (χ1) is 16.8. The van der Waals surface area contributed by atoms with Gasteiger partial charge in [0.1, 0.15) is 11.6 Å². The Hall–Kier alpha value is -4.31. The van der Waals surface area contributed by atoms with Crippen LogP contribution >= 0.6 is 11.3 Å². The first kappa shape index (κ1) is 23.8. The molecule has 1 N–H and O–H groups in total. The largest absolute Gasteiger partial charge is 0.452 e. The number of hydrogen-bond acceptors (Lipinski definition) is 6. The topological polar surface area (TPSA) is 93.5 Å². The molecule has 0 aliphatic rings. The van der Waals surface area contributed by atoms with Crippen LogP contribution in [0.3, 0.4) is 0 Å². The van der Waals surface area contributed by atoms with Gasteiger partial charge in [0.25, 0.3) is 11.8 Å². The lowest BCUT2D eigenvalue weighted by Crippen LogP contribution is -2.28. The van der Waals surface area contributed by atoms with Gasteiger partial charge in [-0.1, -0.05) is 18.2 Å². The summed E-state index contributed by atoms with van der Waals surface area (Å²) >= 11 is 1.30. The number of ether oxygens (including phenoxy) is 1. The molecule has 0 atom stereocenters. The van der Waals surface area contributed by atoms with Crippen molar-refractivity contribution in [1.29, 1.82) is 0 Å². The number of amides is 2. The van der Waals surface area contributed by atoms with Gasteiger partial charge in [0.15, 0.2) is 6.61 Å². The lowest BCUT2D eigenvalue weighted by molar-refractivity contribution is -0.119. The van der Waals surface area contributed by atoms with Crippen LogP contribution in [0, 0.1) is 12.7 Å². The molecule has 2 aromatic carbocycles. The second kappa shape index (κ2) is 10.3. The summed E-state index contributed by atoms with van der Waals surface area (Å²) in [7, 11) is 1.57. The summed E-state index contributed by atoms with van der Waals surface area (Å²) in [5.41, 5.74) is 1.70. The number of esters is 1. The van der Waals surface area contributed by atoms with Crippen molar-refractivity contribution in [2.45, 2.75) is 6.92 Å². The van der Waals surface area contributed by atoms with Crippen LogP contribution in [-0.4, -0.2) is 41.2 Å². The Morgan fingerprint density at radius 1 is 1.09 bits per heavy atom. The van der Waals surface area contributed by atoms with Crippen molar-refractivity contribution < 1.29 is 23.5 Å². The molecule has 0 fully saturated rings. The molecule has 0 unspecified atom stereocenters. The molecule has 4 aromatic rings. The second-order valence-electron chi connectivity index (χ2n) is 7.54. The van der Waals surface area contributed by atoms with E-state index in [1.54, 1.807) is 55.7 Å². The SMILES string of the molecule is Cc1cc(NC(=O)COC(=O)c2ccccc2N(C)C(=O)c2cccs2)n(-c2ccc(F)cc2)n1. The number of benzene rings is 2. The normalized spacial score (nSPS) is 10.6. The fraction of sp³-hybridized carbons (Fsp3) is 0.120. The summed E-state index contributed by atoms with van der Waals surface area (Å²) in [6.45, 7) is 1.20. The van der Waals surface area contributed by atoms with E-state index in [2.05, 4.69) is 10.4 Å². The van der Waals surface area contributed by atoms with Gasteiger partial charge in [-0.05, 0) is 54.8 Å². The van der Waals surface area contributed by atoms with E-state index in [0.29, 0.717) is 27.8 Å². The molecule has 0 aliphatic carbocycles. The quantitative estimate of drug-likeness (QED) is 0.385. The van der Waals surface area contributed by atoms with Gasteiger partial charge in [-0.3, -0.25) is 9.59 Å². The van der Waals surface area contributed by atoms with Gasteiger partial charge in [0.05, 0.1) is 27.5 Å². The highest BCUT2D eigenvalue weighted by atomic mass is 32.1. The van der Waals surface area contributed by atoms with Gasteiger partial charge in [0, 0.05) is 13.1 Å². The Labute approximate surface area is 204 Å². The molecule has 0 saturated carbocycles. The van der Waals surface area contributed by atoms with Gasteiger partial charge in [-0.2, -0.15) is 5.10 Å². The molecule has 178 valence electrons. The number of hydrogen-bond donors (Lipinski definition) is 1. The zero-order chi connectivity index (χ0) is 24.9. The van der Waals surface area contributed by atoms with Crippen molar-refractivity contribution in [2.24, 2.45) is 0 Å². The fourth-order valence-electron chi connectivity index (χ4n) is 3.37. The lowest BCUT2D eigenvalue weighted by atomic mass is 10.1. The van der Waals surface area contributed by atoms with Crippen LogP contribution in [0.5, 0.6) is 0 Å². The van der Waals surface area contributed by atoms with E-state index in [0.717, 1.165) is 0 Å². The molecule has 10 heteroatoms. The van der Waals surface area contributed by atoms with Crippen LogP contribution < -0.4 is 10.2 Å². The van der Waals surface area contributed by atoms with Crippen LogP contribution in [0.1, 0.15) is 25.7 Å². The molecule has 0 saturated heterocycles. The molecule has 2 amide bonds. The molecule has 2 aromatic heterocycles. The Morgan fingerprint density at radius 3 is 2.54 bits per heavy atom. The number of nitrogens with zero attached hydrogens (tertiary/aromatic N) is 3. The molecular weight excluding hydrogens is 471 g/mol.